The standard InChI is InChI=1S/C14H12BrN3O3/c1-8-5-6-9(14(16)17)12(7-8)21-11-4-2-3-10(13(11)15)18(19)20/h2-7H,1H3,(H3,16,17). The van der Waals surface area contributed by atoms with Gasteiger partial charge in [0.1, 0.15) is 21.8 Å². The lowest BCUT2D eigenvalue weighted by Crippen LogP contribution is -2.12. The zero-order valence-corrected chi connectivity index (χ0v) is 12.7. The molecule has 0 atom stereocenters. The second kappa shape index (κ2) is 5.92. The van der Waals surface area contributed by atoms with Crippen molar-refractivity contribution in [1.82, 2.24) is 0 Å². The lowest BCUT2D eigenvalue weighted by Gasteiger charge is -2.12. The van der Waals surface area contributed by atoms with Crippen LogP contribution >= 0.6 is 15.9 Å². The van der Waals surface area contributed by atoms with E-state index >= 15 is 0 Å². The number of aryl methyl sites for hydroxylation is 1. The van der Waals surface area contributed by atoms with Crippen LogP contribution in [0.2, 0.25) is 0 Å². The molecular formula is C14H12BrN3O3. The van der Waals surface area contributed by atoms with Crippen LogP contribution in [0.15, 0.2) is 40.9 Å². The molecule has 0 saturated carbocycles. The summed E-state index contributed by atoms with van der Waals surface area (Å²) in [4.78, 5) is 10.4. The van der Waals surface area contributed by atoms with Gasteiger partial charge in [-0.15, -0.1) is 0 Å². The van der Waals surface area contributed by atoms with Gasteiger partial charge in [-0.1, -0.05) is 12.1 Å². The number of nitrogens with one attached hydrogen (secondary N) is 1. The maximum absolute atomic E-state index is 10.9. The first kappa shape index (κ1) is 15.0. The average molecular weight is 350 g/mol. The molecule has 3 N–H and O–H groups in total. The number of amidine groups is 1. The number of nitro benzene ring substituents is 1. The van der Waals surface area contributed by atoms with E-state index in [2.05, 4.69) is 15.9 Å². The summed E-state index contributed by atoms with van der Waals surface area (Å²) in [6.07, 6.45) is 0. The number of nitrogens with two attached hydrogens (primary N) is 1. The maximum Gasteiger partial charge on any atom is 0.287 e. The van der Waals surface area contributed by atoms with E-state index in [0.717, 1.165) is 5.56 Å². The molecule has 0 spiro atoms. The molecule has 0 heterocycles. The molecule has 0 unspecified atom stereocenters. The fourth-order valence-corrected chi connectivity index (χ4v) is 2.26. The first-order valence-electron chi connectivity index (χ1n) is 5.96. The van der Waals surface area contributed by atoms with Crippen molar-refractivity contribution in [2.45, 2.75) is 6.92 Å². The highest BCUT2D eigenvalue weighted by Crippen LogP contribution is 2.37. The number of nitro groups is 1. The van der Waals surface area contributed by atoms with Crippen LogP contribution in [0.4, 0.5) is 5.69 Å². The number of ether oxygens (including phenoxy) is 1. The van der Waals surface area contributed by atoms with Gasteiger partial charge in [0.15, 0.2) is 0 Å². The summed E-state index contributed by atoms with van der Waals surface area (Å²) in [5, 5.41) is 18.5. The van der Waals surface area contributed by atoms with E-state index in [0.29, 0.717) is 11.3 Å². The highest BCUT2D eigenvalue weighted by molar-refractivity contribution is 9.10. The van der Waals surface area contributed by atoms with Gasteiger partial charge in [0.05, 0.1) is 10.5 Å². The van der Waals surface area contributed by atoms with Crippen LogP contribution in [-0.2, 0) is 0 Å². The Kier molecular flexibility index (Phi) is 4.23. The molecule has 0 aliphatic rings. The summed E-state index contributed by atoms with van der Waals surface area (Å²) in [5.74, 6) is 0.535. The van der Waals surface area contributed by atoms with Crippen molar-refractivity contribution in [3.63, 3.8) is 0 Å². The zero-order valence-electron chi connectivity index (χ0n) is 11.1. The molecule has 0 fully saturated rings. The van der Waals surface area contributed by atoms with Crippen molar-refractivity contribution < 1.29 is 9.66 Å². The van der Waals surface area contributed by atoms with Gasteiger partial charge in [0.2, 0.25) is 0 Å². The van der Waals surface area contributed by atoms with E-state index < -0.39 is 4.92 Å². The average Bonchev–Trinajstić information content (AvgIpc) is 2.40. The molecule has 0 aliphatic carbocycles. The number of hydrogen-bond acceptors (Lipinski definition) is 4. The topological polar surface area (TPSA) is 102 Å². The summed E-state index contributed by atoms with van der Waals surface area (Å²) in [6.45, 7) is 1.87. The quantitative estimate of drug-likeness (QED) is 0.379. The third kappa shape index (κ3) is 3.19. The minimum Gasteiger partial charge on any atom is -0.455 e. The first-order chi connectivity index (χ1) is 9.90. The van der Waals surface area contributed by atoms with Gasteiger partial charge >= 0.3 is 0 Å². The number of nitrogens with zero attached hydrogens (tertiary/aromatic N) is 1. The molecule has 6 nitrogen and oxygen atoms in total. The monoisotopic (exact) mass is 349 g/mol. The number of halogens is 1. The van der Waals surface area contributed by atoms with Crippen LogP contribution < -0.4 is 10.5 Å². The first-order valence-corrected chi connectivity index (χ1v) is 6.75. The fourth-order valence-electron chi connectivity index (χ4n) is 1.77. The van der Waals surface area contributed by atoms with Crippen molar-refractivity contribution in [3.05, 3.63) is 62.1 Å². The zero-order chi connectivity index (χ0) is 15.6. The normalized spacial score (nSPS) is 10.2. The van der Waals surface area contributed by atoms with Gasteiger partial charge in [-0.2, -0.15) is 0 Å². The summed E-state index contributed by atoms with van der Waals surface area (Å²) in [5.41, 5.74) is 6.78. The predicted molar refractivity (Wildman–Crippen MR) is 83.1 cm³/mol. The van der Waals surface area contributed by atoms with Gasteiger partial charge in [-0.05, 0) is 46.6 Å². The molecule has 0 radical (unpaired) electrons. The molecule has 2 aromatic carbocycles. The molecule has 0 aromatic heterocycles. The van der Waals surface area contributed by atoms with Crippen molar-refractivity contribution in [2.75, 3.05) is 0 Å². The number of rotatable bonds is 4. The minimum atomic E-state index is -0.501. The number of nitrogen functional groups attached to an aromatic ring is 1. The van der Waals surface area contributed by atoms with Crippen LogP contribution in [0.25, 0.3) is 0 Å². The largest absolute Gasteiger partial charge is 0.455 e. The van der Waals surface area contributed by atoms with Crippen LogP contribution in [0.5, 0.6) is 11.5 Å². The molecule has 2 rings (SSSR count). The second-order valence-electron chi connectivity index (χ2n) is 4.36. The lowest BCUT2D eigenvalue weighted by atomic mass is 10.1. The predicted octanol–water partition coefficient (Wildman–Crippen LogP) is 3.74. The van der Waals surface area contributed by atoms with E-state index in [1.807, 2.05) is 13.0 Å². The van der Waals surface area contributed by atoms with Crippen molar-refractivity contribution in [3.8, 4) is 11.5 Å². The third-order valence-electron chi connectivity index (χ3n) is 2.79. The number of hydrogen-bond donors (Lipinski definition) is 2. The fraction of sp³-hybridized carbons (Fsp3) is 0.0714. The van der Waals surface area contributed by atoms with E-state index in [1.165, 1.54) is 12.1 Å². The van der Waals surface area contributed by atoms with Gasteiger partial charge < -0.3 is 10.5 Å². The Morgan fingerprint density at radius 3 is 2.67 bits per heavy atom. The Labute approximate surface area is 129 Å². The molecule has 0 saturated heterocycles. The van der Waals surface area contributed by atoms with Gasteiger partial charge in [0, 0.05) is 6.07 Å². The number of benzene rings is 2. The molecule has 108 valence electrons. The van der Waals surface area contributed by atoms with E-state index in [-0.39, 0.29) is 21.7 Å². The van der Waals surface area contributed by atoms with Crippen molar-refractivity contribution in [2.24, 2.45) is 5.73 Å². The molecule has 7 heteroatoms. The summed E-state index contributed by atoms with van der Waals surface area (Å²) in [6, 6.07) is 9.72. The maximum atomic E-state index is 10.9. The van der Waals surface area contributed by atoms with Crippen molar-refractivity contribution >= 4 is 27.5 Å². The van der Waals surface area contributed by atoms with Crippen LogP contribution in [-0.4, -0.2) is 10.8 Å². The molecule has 21 heavy (non-hydrogen) atoms. The van der Waals surface area contributed by atoms with Gasteiger partial charge in [-0.3, -0.25) is 15.5 Å². The van der Waals surface area contributed by atoms with E-state index in [4.69, 9.17) is 15.9 Å². The molecule has 0 bridgehead atoms. The smallest absolute Gasteiger partial charge is 0.287 e. The third-order valence-corrected chi connectivity index (χ3v) is 3.58. The molecule has 0 aliphatic heterocycles. The Morgan fingerprint density at radius 2 is 2.05 bits per heavy atom. The minimum absolute atomic E-state index is 0.0930. The van der Waals surface area contributed by atoms with Crippen LogP contribution in [0.1, 0.15) is 11.1 Å². The molecule has 0 amide bonds. The SMILES string of the molecule is Cc1ccc(C(=N)N)c(Oc2cccc([N+](=O)[O-])c2Br)c1. The van der Waals surface area contributed by atoms with Crippen LogP contribution in [0, 0.1) is 22.4 Å². The Balaban J connectivity index is 2.48. The molecular weight excluding hydrogens is 338 g/mol. The Hall–Kier alpha value is -2.41. The lowest BCUT2D eigenvalue weighted by molar-refractivity contribution is -0.385. The second-order valence-corrected chi connectivity index (χ2v) is 5.15. The summed E-state index contributed by atoms with van der Waals surface area (Å²) < 4.78 is 5.94. The highest BCUT2D eigenvalue weighted by Gasteiger charge is 2.17. The summed E-state index contributed by atoms with van der Waals surface area (Å²) >= 11 is 3.17. The Bertz CT molecular complexity index is 731. The Morgan fingerprint density at radius 1 is 1.33 bits per heavy atom. The van der Waals surface area contributed by atoms with E-state index in [1.54, 1.807) is 18.2 Å². The van der Waals surface area contributed by atoms with Crippen molar-refractivity contribution in [1.29, 1.82) is 5.41 Å². The van der Waals surface area contributed by atoms with Crippen LogP contribution in [0.3, 0.4) is 0 Å². The highest BCUT2D eigenvalue weighted by atomic mass is 79.9. The van der Waals surface area contributed by atoms with Gasteiger partial charge in [-0.25, -0.2) is 0 Å². The summed E-state index contributed by atoms with van der Waals surface area (Å²) in [7, 11) is 0. The van der Waals surface area contributed by atoms with E-state index in [9.17, 15) is 10.1 Å². The van der Waals surface area contributed by atoms with Gasteiger partial charge in [0.25, 0.3) is 5.69 Å². The molecule has 2 aromatic rings.